The molecule has 28 heavy (non-hydrogen) atoms. The van der Waals surface area contributed by atoms with Gasteiger partial charge in [-0.2, -0.15) is 0 Å². The molecule has 1 saturated carbocycles. The highest BCUT2D eigenvalue weighted by Crippen LogP contribution is 2.46. The highest BCUT2D eigenvalue weighted by molar-refractivity contribution is 6.12. The Hall–Kier alpha value is -3.74. The number of amides is 2. The molecule has 0 unspecified atom stereocenters. The monoisotopic (exact) mass is 373 g/mol. The lowest BCUT2D eigenvalue weighted by Gasteiger charge is -2.12. The number of nitrogens with two attached hydrogens (primary N) is 1. The number of hydrogen-bond acceptors (Lipinski definition) is 5. The van der Waals surface area contributed by atoms with Crippen molar-refractivity contribution in [3.8, 4) is 11.1 Å². The summed E-state index contributed by atoms with van der Waals surface area (Å²) in [5.41, 5.74) is 7.00. The summed E-state index contributed by atoms with van der Waals surface area (Å²) in [5, 5.41) is 5.96. The van der Waals surface area contributed by atoms with Crippen LogP contribution in [-0.2, 0) is 9.59 Å². The Labute approximate surface area is 162 Å². The van der Waals surface area contributed by atoms with Gasteiger partial charge >= 0.3 is 0 Å². The third-order valence-electron chi connectivity index (χ3n) is 4.80. The predicted octanol–water partition coefficient (Wildman–Crippen LogP) is 3.09. The van der Waals surface area contributed by atoms with Crippen LogP contribution in [0.5, 0.6) is 0 Å². The molecule has 4 N–H and O–H groups in total. The fourth-order valence-electron chi connectivity index (χ4n) is 2.97. The number of carbonyl (C=O) groups excluding carboxylic acids is 2. The number of hydrogen-bond donors (Lipinski definition) is 3. The van der Waals surface area contributed by atoms with E-state index >= 15 is 0 Å². The Morgan fingerprint density at radius 2 is 1.50 bits per heavy atom. The molecule has 0 saturated heterocycles. The van der Waals surface area contributed by atoms with E-state index in [-0.39, 0.29) is 0 Å². The zero-order chi connectivity index (χ0) is 19.6. The van der Waals surface area contributed by atoms with Gasteiger partial charge in [0.25, 0.3) is 0 Å². The number of para-hydroxylation sites is 1. The lowest BCUT2D eigenvalue weighted by Crippen LogP contribution is -2.36. The van der Waals surface area contributed by atoms with Crippen LogP contribution in [0.1, 0.15) is 12.8 Å². The van der Waals surface area contributed by atoms with E-state index in [1.54, 1.807) is 18.5 Å². The van der Waals surface area contributed by atoms with Crippen LogP contribution in [0.25, 0.3) is 11.1 Å². The standard InChI is InChI=1S/C21H19N5O2/c22-19(27)21(8-9-21)20(28)26-18-13-15(7-11-24-18)14-6-10-23-17(12-14)25-16-4-2-1-3-5-16/h1-7,10-13H,8-9H2,(H2,22,27)(H,23,25)(H,24,26,28). The number of pyridine rings is 2. The molecular formula is C21H19N5O2. The number of nitrogens with zero attached hydrogens (tertiary/aromatic N) is 2. The molecule has 0 atom stereocenters. The average Bonchev–Trinajstić information content (AvgIpc) is 3.52. The van der Waals surface area contributed by atoms with Crippen molar-refractivity contribution in [3.05, 3.63) is 67.0 Å². The van der Waals surface area contributed by atoms with E-state index in [1.807, 2.05) is 48.5 Å². The van der Waals surface area contributed by atoms with E-state index in [4.69, 9.17) is 5.73 Å². The second kappa shape index (κ2) is 7.11. The third kappa shape index (κ3) is 3.55. The summed E-state index contributed by atoms with van der Waals surface area (Å²) in [7, 11) is 0. The third-order valence-corrected chi connectivity index (χ3v) is 4.80. The van der Waals surface area contributed by atoms with E-state index in [1.165, 1.54) is 0 Å². The van der Waals surface area contributed by atoms with Gasteiger partial charge in [0.05, 0.1) is 0 Å². The van der Waals surface area contributed by atoms with Crippen LogP contribution in [0.4, 0.5) is 17.3 Å². The molecule has 0 bridgehead atoms. The maximum Gasteiger partial charge on any atom is 0.241 e. The molecule has 7 heteroatoms. The van der Waals surface area contributed by atoms with Crippen LogP contribution in [0.2, 0.25) is 0 Å². The van der Waals surface area contributed by atoms with E-state index in [2.05, 4.69) is 20.6 Å². The van der Waals surface area contributed by atoms with Crippen molar-refractivity contribution in [1.82, 2.24) is 9.97 Å². The molecule has 0 radical (unpaired) electrons. The van der Waals surface area contributed by atoms with Crippen LogP contribution >= 0.6 is 0 Å². The van der Waals surface area contributed by atoms with Gasteiger partial charge in [0.2, 0.25) is 11.8 Å². The maximum absolute atomic E-state index is 12.4. The second-order valence-electron chi connectivity index (χ2n) is 6.75. The van der Waals surface area contributed by atoms with Crippen LogP contribution in [0, 0.1) is 5.41 Å². The Morgan fingerprint density at radius 3 is 2.11 bits per heavy atom. The summed E-state index contributed by atoms with van der Waals surface area (Å²) < 4.78 is 0. The second-order valence-corrected chi connectivity index (χ2v) is 6.75. The molecule has 140 valence electrons. The number of carbonyl (C=O) groups is 2. The predicted molar refractivity (Wildman–Crippen MR) is 107 cm³/mol. The van der Waals surface area contributed by atoms with Crippen LogP contribution in [-0.4, -0.2) is 21.8 Å². The van der Waals surface area contributed by atoms with Gasteiger partial charge in [-0.25, -0.2) is 9.97 Å². The Morgan fingerprint density at radius 1 is 0.893 bits per heavy atom. The normalized spacial score (nSPS) is 14.1. The molecule has 2 heterocycles. The molecule has 2 aromatic heterocycles. The zero-order valence-electron chi connectivity index (χ0n) is 15.1. The quantitative estimate of drug-likeness (QED) is 0.575. The lowest BCUT2D eigenvalue weighted by atomic mass is 10.1. The van der Waals surface area contributed by atoms with Gasteiger partial charge < -0.3 is 16.4 Å². The molecule has 1 aromatic carbocycles. The number of anilines is 3. The van der Waals surface area contributed by atoms with E-state index in [0.717, 1.165) is 16.8 Å². The summed E-state index contributed by atoms with van der Waals surface area (Å²) in [5.74, 6) is 0.0962. The molecule has 3 aromatic rings. The van der Waals surface area contributed by atoms with Crippen molar-refractivity contribution in [1.29, 1.82) is 0 Å². The minimum Gasteiger partial charge on any atom is -0.369 e. The topological polar surface area (TPSA) is 110 Å². The van der Waals surface area contributed by atoms with Crippen molar-refractivity contribution in [2.24, 2.45) is 11.1 Å². The SMILES string of the molecule is NC(=O)C1(C(=O)Nc2cc(-c3ccnc(Nc4ccccc4)c3)ccn2)CC1. The van der Waals surface area contributed by atoms with E-state index < -0.39 is 17.2 Å². The number of primary amides is 1. The molecule has 0 aliphatic heterocycles. The number of rotatable bonds is 6. The number of nitrogens with one attached hydrogen (secondary N) is 2. The molecule has 1 fully saturated rings. The first-order valence-corrected chi connectivity index (χ1v) is 8.93. The van der Waals surface area contributed by atoms with Crippen molar-refractivity contribution < 1.29 is 9.59 Å². The first-order valence-electron chi connectivity index (χ1n) is 8.93. The van der Waals surface area contributed by atoms with Crippen molar-refractivity contribution in [2.75, 3.05) is 10.6 Å². The largest absolute Gasteiger partial charge is 0.369 e. The van der Waals surface area contributed by atoms with Crippen LogP contribution in [0.15, 0.2) is 67.0 Å². The lowest BCUT2D eigenvalue weighted by molar-refractivity contribution is -0.132. The number of benzene rings is 1. The fraction of sp³-hybridized carbons (Fsp3) is 0.143. The fourth-order valence-corrected chi connectivity index (χ4v) is 2.97. The first kappa shape index (κ1) is 17.7. The Balaban J connectivity index is 1.54. The first-order chi connectivity index (χ1) is 13.6. The minimum absolute atomic E-state index is 0.379. The molecule has 4 rings (SSSR count). The summed E-state index contributed by atoms with van der Waals surface area (Å²) >= 11 is 0. The average molecular weight is 373 g/mol. The summed E-state index contributed by atoms with van der Waals surface area (Å²) in [6, 6.07) is 17.2. The highest BCUT2D eigenvalue weighted by Gasteiger charge is 2.55. The van der Waals surface area contributed by atoms with Crippen molar-refractivity contribution in [3.63, 3.8) is 0 Å². The molecule has 2 amide bonds. The zero-order valence-corrected chi connectivity index (χ0v) is 15.1. The summed E-state index contributed by atoms with van der Waals surface area (Å²) in [4.78, 5) is 32.4. The molecule has 7 nitrogen and oxygen atoms in total. The van der Waals surface area contributed by atoms with E-state index in [0.29, 0.717) is 24.5 Å². The van der Waals surface area contributed by atoms with Gasteiger partial charge in [0, 0.05) is 18.1 Å². The summed E-state index contributed by atoms with van der Waals surface area (Å²) in [6.45, 7) is 0. The Kier molecular flexibility index (Phi) is 4.49. The Bertz CT molecular complexity index is 1030. The minimum atomic E-state index is -1.08. The van der Waals surface area contributed by atoms with Gasteiger partial charge in [-0.05, 0) is 60.4 Å². The molecule has 1 aliphatic rings. The smallest absolute Gasteiger partial charge is 0.241 e. The maximum atomic E-state index is 12.4. The number of aromatic nitrogens is 2. The molecule has 0 spiro atoms. The molecular weight excluding hydrogens is 354 g/mol. The highest BCUT2D eigenvalue weighted by atomic mass is 16.2. The van der Waals surface area contributed by atoms with Crippen molar-refractivity contribution >= 4 is 29.1 Å². The van der Waals surface area contributed by atoms with Gasteiger partial charge in [-0.15, -0.1) is 0 Å². The van der Waals surface area contributed by atoms with Crippen LogP contribution < -0.4 is 16.4 Å². The van der Waals surface area contributed by atoms with Gasteiger partial charge in [0.15, 0.2) is 0 Å². The molecule has 1 aliphatic carbocycles. The van der Waals surface area contributed by atoms with Gasteiger partial charge in [0.1, 0.15) is 17.1 Å². The summed E-state index contributed by atoms with van der Waals surface area (Å²) in [6.07, 6.45) is 4.28. The van der Waals surface area contributed by atoms with E-state index in [9.17, 15) is 9.59 Å². The van der Waals surface area contributed by atoms with Crippen molar-refractivity contribution in [2.45, 2.75) is 12.8 Å². The van der Waals surface area contributed by atoms with Crippen LogP contribution in [0.3, 0.4) is 0 Å². The van der Waals surface area contributed by atoms with Gasteiger partial charge in [-0.3, -0.25) is 9.59 Å². The van der Waals surface area contributed by atoms with Gasteiger partial charge in [-0.1, -0.05) is 18.2 Å².